The fraction of sp³-hybridized carbons (Fsp3) is 0.577. The zero-order chi connectivity index (χ0) is 25.5. The quantitative estimate of drug-likeness (QED) is 0.579. The van der Waals surface area contributed by atoms with Gasteiger partial charge in [-0.25, -0.2) is 14.4 Å². The summed E-state index contributed by atoms with van der Waals surface area (Å²) in [5.41, 5.74) is 3.03. The molecule has 192 valence electrons. The Kier molecular flexibility index (Phi) is 9.14. The van der Waals surface area contributed by atoms with Gasteiger partial charge in [-0.05, 0) is 46.6 Å². The molecule has 2 aliphatic rings. The average Bonchev–Trinajstić information content (AvgIpc) is 3.04. The van der Waals surface area contributed by atoms with Gasteiger partial charge in [-0.2, -0.15) is 0 Å². The number of carbonyl (C=O) groups excluding carboxylic acids is 3. The van der Waals surface area contributed by atoms with Crippen LogP contribution in [-0.4, -0.2) is 84.6 Å². The Morgan fingerprint density at radius 2 is 1.94 bits per heavy atom. The number of carbonyl (C=O) groups is 3. The highest BCUT2D eigenvalue weighted by Crippen LogP contribution is 2.32. The second-order valence-electron chi connectivity index (χ2n) is 9.34. The molecule has 3 rings (SSSR count). The van der Waals surface area contributed by atoms with E-state index in [0.29, 0.717) is 44.0 Å². The summed E-state index contributed by atoms with van der Waals surface area (Å²) in [5.74, 6) is -0.416. The number of hydrogen-bond donors (Lipinski definition) is 2. The van der Waals surface area contributed by atoms with Crippen molar-refractivity contribution in [3.63, 3.8) is 0 Å². The minimum Gasteiger partial charge on any atom is -0.463 e. The first-order chi connectivity index (χ1) is 16.7. The van der Waals surface area contributed by atoms with E-state index >= 15 is 0 Å². The first-order valence-corrected chi connectivity index (χ1v) is 12.6. The van der Waals surface area contributed by atoms with Gasteiger partial charge in [-0.1, -0.05) is 29.8 Å². The molecule has 35 heavy (non-hydrogen) atoms. The van der Waals surface area contributed by atoms with Crippen molar-refractivity contribution in [1.29, 1.82) is 0 Å². The summed E-state index contributed by atoms with van der Waals surface area (Å²) in [4.78, 5) is 44.6. The lowest BCUT2D eigenvalue weighted by Crippen LogP contribution is -2.51. The highest BCUT2D eigenvalue weighted by molar-refractivity contribution is 5.95. The highest BCUT2D eigenvalue weighted by Gasteiger charge is 2.38. The Morgan fingerprint density at radius 3 is 2.60 bits per heavy atom. The van der Waals surface area contributed by atoms with Crippen molar-refractivity contribution in [2.24, 2.45) is 0 Å². The molecule has 1 fully saturated rings. The maximum atomic E-state index is 13.3. The highest BCUT2D eigenvalue weighted by atomic mass is 16.5. The summed E-state index contributed by atoms with van der Waals surface area (Å²) in [6.07, 6.45) is 0.813. The van der Waals surface area contributed by atoms with Crippen molar-refractivity contribution in [3.8, 4) is 0 Å². The molecule has 1 atom stereocenters. The van der Waals surface area contributed by atoms with Crippen molar-refractivity contribution in [1.82, 2.24) is 25.3 Å². The molecule has 1 aromatic rings. The summed E-state index contributed by atoms with van der Waals surface area (Å²) in [7, 11) is 0. The third kappa shape index (κ3) is 6.54. The first-order valence-electron chi connectivity index (χ1n) is 12.6. The number of nitrogens with one attached hydrogen (secondary N) is 2. The topological polar surface area (TPSA) is 94.2 Å². The molecule has 1 saturated heterocycles. The second-order valence-corrected chi connectivity index (χ2v) is 9.34. The zero-order valence-corrected chi connectivity index (χ0v) is 21.6. The van der Waals surface area contributed by atoms with E-state index < -0.39 is 12.0 Å². The van der Waals surface area contributed by atoms with Gasteiger partial charge in [-0.3, -0.25) is 9.80 Å². The molecule has 9 nitrogen and oxygen atoms in total. The van der Waals surface area contributed by atoms with E-state index in [2.05, 4.69) is 15.5 Å². The molecule has 0 bridgehead atoms. The Labute approximate surface area is 208 Å². The molecule has 9 heteroatoms. The summed E-state index contributed by atoms with van der Waals surface area (Å²) in [6.45, 7) is 13.3. The average molecular weight is 486 g/mol. The Morgan fingerprint density at radius 1 is 1.17 bits per heavy atom. The van der Waals surface area contributed by atoms with E-state index in [4.69, 9.17) is 4.74 Å². The van der Waals surface area contributed by atoms with Crippen LogP contribution in [0, 0.1) is 6.92 Å². The van der Waals surface area contributed by atoms with Crippen LogP contribution in [0.5, 0.6) is 0 Å². The second kappa shape index (κ2) is 12.1. The Balaban J connectivity index is 1.93. The smallest absolute Gasteiger partial charge is 0.338 e. The van der Waals surface area contributed by atoms with Gasteiger partial charge in [0.05, 0.1) is 18.2 Å². The molecule has 2 heterocycles. The summed E-state index contributed by atoms with van der Waals surface area (Å²) >= 11 is 0. The number of hydrogen-bond acceptors (Lipinski definition) is 5. The number of nitrogens with zero attached hydrogens (tertiary/aromatic N) is 3. The Hall–Kier alpha value is -3.07. The lowest BCUT2D eigenvalue weighted by atomic mass is 9.93. The molecule has 2 aliphatic heterocycles. The minimum atomic E-state index is -0.584. The van der Waals surface area contributed by atoms with Crippen molar-refractivity contribution < 1.29 is 19.1 Å². The zero-order valence-electron chi connectivity index (χ0n) is 21.6. The minimum absolute atomic E-state index is 0.0555. The van der Waals surface area contributed by atoms with Crippen LogP contribution in [0.2, 0.25) is 0 Å². The van der Waals surface area contributed by atoms with Gasteiger partial charge in [0.1, 0.15) is 0 Å². The predicted molar refractivity (Wildman–Crippen MR) is 135 cm³/mol. The van der Waals surface area contributed by atoms with Crippen LogP contribution < -0.4 is 10.6 Å². The number of amides is 4. The van der Waals surface area contributed by atoms with E-state index in [1.54, 1.807) is 11.8 Å². The standard InChI is InChI=1S/C26H39N5O4/c1-6-31-21(17-29-12-9-13-30(15-14-29)25(33)27-18(3)4)22(24(32)35-7-2)23(28-26(31)34)20-11-8-10-19(5)16-20/h8,10-11,16,18,23H,6-7,9,12-15,17H2,1-5H3,(H,27,33)(H,28,34)/t23-/m1/s1. The molecule has 0 radical (unpaired) electrons. The number of urea groups is 2. The molecule has 1 aromatic carbocycles. The third-order valence-corrected chi connectivity index (χ3v) is 6.29. The fourth-order valence-electron chi connectivity index (χ4n) is 4.64. The van der Waals surface area contributed by atoms with Gasteiger partial charge < -0.3 is 20.3 Å². The van der Waals surface area contributed by atoms with Crippen LogP contribution in [-0.2, 0) is 9.53 Å². The van der Waals surface area contributed by atoms with Crippen molar-refractivity contribution >= 4 is 18.0 Å². The van der Waals surface area contributed by atoms with E-state index in [9.17, 15) is 14.4 Å². The van der Waals surface area contributed by atoms with Crippen LogP contribution in [0.4, 0.5) is 9.59 Å². The maximum absolute atomic E-state index is 13.3. The lowest BCUT2D eigenvalue weighted by Gasteiger charge is -2.38. The van der Waals surface area contributed by atoms with Crippen molar-refractivity contribution in [3.05, 3.63) is 46.7 Å². The van der Waals surface area contributed by atoms with Gasteiger partial charge in [-0.15, -0.1) is 0 Å². The van der Waals surface area contributed by atoms with Crippen molar-refractivity contribution in [2.75, 3.05) is 45.9 Å². The molecule has 0 aliphatic carbocycles. The van der Waals surface area contributed by atoms with E-state index in [-0.39, 0.29) is 24.7 Å². The van der Waals surface area contributed by atoms with Crippen LogP contribution in [0.15, 0.2) is 35.5 Å². The molecular weight excluding hydrogens is 446 g/mol. The van der Waals surface area contributed by atoms with Gasteiger partial charge in [0.25, 0.3) is 0 Å². The molecule has 2 N–H and O–H groups in total. The molecule has 4 amide bonds. The number of likely N-dealkylation sites (N-methyl/N-ethyl adjacent to an activating group) is 1. The monoisotopic (exact) mass is 485 g/mol. The molecule has 0 unspecified atom stereocenters. The first kappa shape index (κ1) is 26.5. The molecule has 0 aromatic heterocycles. The summed E-state index contributed by atoms with van der Waals surface area (Å²) < 4.78 is 5.47. The molecular formula is C26H39N5O4. The molecule has 0 spiro atoms. The number of rotatable bonds is 7. The van der Waals surface area contributed by atoms with Crippen LogP contribution in [0.25, 0.3) is 0 Å². The number of benzene rings is 1. The van der Waals surface area contributed by atoms with Gasteiger partial charge in [0, 0.05) is 51.0 Å². The van der Waals surface area contributed by atoms with Crippen LogP contribution in [0.1, 0.15) is 51.3 Å². The summed E-state index contributed by atoms with van der Waals surface area (Å²) in [6, 6.07) is 7.04. The van der Waals surface area contributed by atoms with E-state index in [0.717, 1.165) is 24.1 Å². The third-order valence-electron chi connectivity index (χ3n) is 6.29. The summed E-state index contributed by atoms with van der Waals surface area (Å²) in [5, 5.41) is 5.98. The largest absolute Gasteiger partial charge is 0.463 e. The maximum Gasteiger partial charge on any atom is 0.338 e. The van der Waals surface area contributed by atoms with Crippen LogP contribution in [0.3, 0.4) is 0 Å². The van der Waals surface area contributed by atoms with Gasteiger partial charge >= 0.3 is 18.0 Å². The number of aryl methyl sites for hydroxylation is 1. The number of ether oxygens (including phenoxy) is 1. The van der Waals surface area contributed by atoms with Gasteiger partial charge in [0.2, 0.25) is 0 Å². The van der Waals surface area contributed by atoms with E-state index in [1.807, 2.05) is 56.9 Å². The predicted octanol–water partition coefficient (Wildman–Crippen LogP) is 3.02. The van der Waals surface area contributed by atoms with Crippen LogP contribution >= 0.6 is 0 Å². The molecule has 0 saturated carbocycles. The number of esters is 1. The normalized spacial score (nSPS) is 19.5. The van der Waals surface area contributed by atoms with E-state index in [1.165, 1.54) is 0 Å². The SMILES string of the molecule is CCOC(=O)C1=C(CN2CCCN(C(=O)NC(C)C)CC2)N(CC)C(=O)N[C@@H]1c1cccc(C)c1. The Bertz CT molecular complexity index is 961. The van der Waals surface area contributed by atoms with Crippen molar-refractivity contribution in [2.45, 2.75) is 53.1 Å². The van der Waals surface area contributed by atoms with Gasteiger partial charge in [0.15, 0.2) is 0 Å². The fourth-order valence-corrected chi connectivity index (χ4v) is 4.64. The lowest BCUT2D eigenvalue weighted by molar-refractivity contribution is -0.139.